The molecule has 1 atom stereocenters. The Bertz CT molecular complexity index is 517. The Hall–Kier alpha value is -1.11. The van der Waals surface area contributed by atoms with E-state index in [0.29, 0.717) is 5.75 Å². The number of nitrogens with one attached hydrogen (secondary N) is 1. The molecule has 0 radical (unpaired) electrons. The SMILES string of the molecule is COc1ccc(S(=O)(=O)CC(O)CNC(C)(C)C)cc1. The van der Waals surface area contributed by atoms with Crippen molar-refractivity contribution >= 4 is 9.84 Å². The summed E-state index contributed by atoms with van der Waals surface area (Å²) in [5.74, 6) is 0.293. The zero-order chi connectivity index (χ0) is 15.4. The quantitative estimate of drug-likeness (QED) is 0.826. The average molecular weight is 301 g/mol. The summed E-state index contributed by atoms with van der Waals surface area (Å²) in [5, 5.41) is 12.9. The standard InChI is InChI=1S/C14H23NO4S/c1-14(2,3)15-9-11(16)10-20(17,18)13-7-5-12(19-4)6-8-13/h5-8,11,15-16H,9-10H2,1-4H3. The molecule has 2 N–H and O–H groups in total. The largest absolute Gasteiger partial charge is 0.497 e. The third-order valence-corrected chi connectivity index (χ3v) is 4.51. The van der Waals surface area contributed by atoms with Gasteiger partial charge in [0.1, 0.15) is 5.75 Å². The second-order valence-electron chi connectivity index (χ2n) is 5.74. The lowest BCUT2D eigenvalue weighted by atomic mass is 10.1. The van der Waals surface area contributed by atoms with Gasteiger partial charge in [0.2, 0.25) is 0 Å². The molecule has 1 aromatic rings. The number of rotatable bonds is 6. The molecule has 6 heteroatoms. The number of ether oxygens (including phenoxy) is 1. The number of sulfone groups is 1. The first-order valence-electron chi connectivity index (χ1n) is 6.44. The van der Waals surface area contributed by atoms with E-state index in [-0.39, 0.29) is 22.7 Å². The number of methoxy groups -OCH3 is 1. The molecule has 0 amide bonds. The van der Waals surface area contributed by atoms with E-state index >= 15 is 0 Å². The number of aliphatic hydroxyl groups excluding tert-OH is 1. The second-order valence-corrected chi connectivity index (χ2v) is 7.78. The van der Waals surface area contributed by atoms with Gasteiger partial charge in [-0.3, -0.25) is 0 Å². The first-order valence-corrected chi connectivity index (χ1v) is 8.09. The van der Waals surface area contributed by atoms with Gasteiger partial charge in [0.25, 0.3) is 0 Å². The number of hydrogen-bond donors (Lipinski definition) is 2. The molecule has 0 bridgehead atoms. The zero-order valence-electron chi connectivity index (χ0n) is 12.4. The number of benzene rings is 1. The van der Waals surface area contributed by atoms with Crippen molar-refractivity contribution in [2.75, 3.05) is 19.4 Å². The lowest BCUT2D eigenvalue weighted by Crippen LogP contribution is -2.42. The van der Waals surface area contributed by atoms with Crippen molar-refractivity contribution in [1.82, 2.24) is 5.32 Å². The van der Waals surface area contributed by atoms with Gasteiger partial charge >= 0.3 is 0 Å². The van der Waals surface area contributed by atoms with Gasteiger partial charge < -0.3 is 15.2 Å². The molecule has 0 aliphatic rings. The fourth-order valence-electron chi connectivity index (χ4n) is 1.62. The number of aliphatic hydroxyl groups is 1. The highest BCUT2D eigenvalue weighted by Crippen LogP contribution is 2.17. The lowest BCUT2D eigenvalue weighted by molar-refractivity contribution is 0.181. The molecule has 1 rings (SSSR count). The Morgan fingerprint density at radius 2 is 1.80 bits per heavy atom. The molecule has 0 saturated heterocycles. The fraction of sp³-hybridized carbons (Fsp3) is 0.571. The van der Waals surface area contributed by atoms with Crippen molar-refractivity contribution in [2.45, 2.75) is 37.3 Å². The average Bonchev–Trinajstić information content (AvgIpc) is 2.35. The van der Waals surface area contributed by atoms with E-state index in [4.69, 9.17) is 4.74 Å². The summed E-state index contributed by atoms with van der Waals surface area (Å²) < 4.78 is 29.3. The highest BCUT2D eigenvalue weighted by atomic mass is 32.2. The maximum atomic E-state index is 12.1. The molecule has 0 aliphatic heterocycles. The van der Waals surface area contributed by atoms with Gasteiger partial charge in [0, 0.05) is 12.1 Å². The number of hydrogen-bond acceptors (Lipinski definition) is 5. The van der Waals surface area contributed by atoms with E-state index in [1.807, 2.05) is 20.8 Å². The van der Waals surface area contributed by atoms with Crippen LogP contribution in [-0.4, -0.2) is 44.6 Å². The van der Waals surface area contributed by atoms with Crippen LogP contribution in [0, 0.1) is 0 Å². The van der Waals surface area contributed by atoms with Crippen LogP contribution in [0.2, 0.25) is 0 Å². The van der Waals surface area contributed by atoms with Gasteiger partial charge in [-0.25, -0.2) is 8.42 Å². The van der Waals surface area contributed by atoms with Crippen molar-refractivity contribution in [2.24, 2.45) is 0 Å². The van der Waals surface area contributed by atoms with Crippen LogP contribution >= 0.6 is 0 Å². The van der Waals surface area contributed by atoms with Crippen LogP contribution in [-0.2, 0) is 9.84 Å². The molecule has 0 heterocycles. The monoisotopic (exact) mass is 301 g/mol. The van der Waals surface area contributed by atoms with Gasteiger partial charge in [-0.2, -0.15) is 0 Å². The lowest BCUT2D eigenvalue weighted by Gasteiger charge is -2.22. The van der Waals surface area contributed by atoms with Crippen molar-refractivity contribution in [1.29, 1.82) is 0 Å². The normalized spacial score (nSPS) is 14.1. The molecule has 114 valence electrons. The van der Waals surface area contributed by atoms with Gasteiger partial charge in [-0.15, -0.1) is 0 Å². The summed E-state index contributed by atoms with van der Waals surface area (Å²) in [6, 6.07) is 6.15. The first-order chi connectivity index (χ1) is 9.14. The minimum absolute atomic E-state index is 0.162. The van der Waals surface area contributed by atoms with Crippen LogP contribution in [0.1, 0.15) is 20.8 Å². The van der Waals surface area contributed by atoms with Crippen molar-refractivity contribution in [3.63, 3.8) is 0 Å². The Labute approximate surface area is 120 Å². The van der Waals surface area contributed by atoms with Crippen LogP contribution in [0.4, 0.5) is 0 Å². The molecule has 1 aromatic carbocycles. The van der Waals surface area contributed by atoms with E-state index < -0.39 is 15.9 Å². The maximum absolute atomic E-state index is 12.1. The van der Waals surface area contributed by atoms with Crippen LogP contribution in [0.15, 0.2) is 29.2 Å². The minimum Gasteiger partial charge on any atom is -0.497 e. The Balaban J connectivity index is 2.68. The molecular formula is C14H23NO4S. The summed E-state index contributed by atoms with van der Waals surface area (Å²) in [4.78, 5) is 0.188. The van der Waals surface area contributed by atoms with Gasteiger partial charge in [-0.05, 0) is 45.0 Å². The molecule has 0 fully saturated rings. The van der Waals surface area contributed by atoms with Gasteiger partial charge in [-0.1, -0.05) is 0 Å². The Morgan fingerprint density at radius 3 is 2.25 bits per heavy atom. The predicted molar refractivity (Wildman–Crippen MR) is 78.8 cm³/mol. The highest BCUT2D eigenvalue weighted by Gasteiger charge is 2.21. The van der Waals surface area contributed by atoms with E-state index in [9.17, 15) is 13.5 Å². The van der Waals surface area contributed by atoms with Crippen molar-refractivity contribution in [3.8, 4) is 5.75 Å². The maximum Gasteiger partial charge on any atom is 0.180 e. The molecule has 0 aliphatic carbocycles. The van der Waals surface area contributed by atoms with E-state index in [1.54, 1.807) is 12.1 Å². The predicted octanol–water partition coefficient (Wildman–Crippen LogP) is 1.22. The molecule has 1 unspecified atom stereocenters. The topological polar surface area (TPSA) is 75.6 Å². The summed E-state index contributed by atoms with van der Waals surface area (Å²) >= 11 is 0. The highest BCUT2D eigenvalue weighted by molar-refractivity contribution is 7.91. The summed E-state index contributed by atoms with van der Waals surface area (Å²) in [6.07, 6.45) is -0.943. The Kier molecular flexibility index (Phi) is 5.56. The van der Waals surface area contributed by atoms with Crippen LogP contribution < -0.4 is 10.1 Å². The van der Waals surface area contributed by atoms with Crippen LogP contribution in [0.25, 0.3) is 0 Å². The second kappa shape index (κ2) is 6.56. The third-order valence-electron chi connectivity index (χ3n) is 2.70. The fourth-order valence-corrected chi connectivity index (χ4v) is 2.98. The van der Waals surface area contributed by atoms with Crippen molar-refractivity contribution < 1.29 is 18.3 Å². The molecular weight excluding hydrogens is 278 g/mol. The van der Waals surface area contributed by atoms with Crippen LogP contribution in [0.3, 0.4) is 0 Å². The summed E-state index contributed by atoms with van der Waals surface area (Å²) in [5.41, 5.74) is -0.162. The first kappa shape index (κ1) is 16.9. The number of β-amino-alcohol motifs (C(OH)–C–C–N with tert-alkyl or cyclic N) is 1. The van der Waals surface area contributed by atoms with Crippen LogP contribution in [0.5, 0.6) is 5.75 Å². The molecule has 0 aromatic heterocycles. The molecule has 0 spiro atoms. The zero-order valence-corrected chi connectivity index (χ0v) is 13.2. The third kappa shape index (κ3) is 5.48. The van der Waals surface area contributed by atoms with E-state index in [1.165, 1.54) is 19.2 Å². The van der Waals surface area contributed by atoms with Crippen molar-refractivity contribution in [3.05, 3.63) is 24.3 Å². The smallest absolute Gasteiger partial charge is 0.180 e. The van der Waals surface area contributed by atoms with E-state index in [0.717, 1.165) is 0 Å². The minimum atomic E-state index is -3.50. The molecule has 20 heavy (non-hydrogen) atoms. The molecule has 0 saturated carbocycles. The van der Waals surface area contributed by atoms with E-state index in [2.05, 4.69) is 5.32 Å². The van der Waals surface area contributed by atoms with Gasteiger partial charge in [0.05, 0.1) is 23.9 Å². The summed E-state index contributed by atoms with van der Waals surface area (Å²) in [6.45, 7) is 6.10. The molecule has 5 nitrogen and oxygen atoms in total. The Morgan fingerprint density at radius 1 is 1.25 bits per heavy atom. The van der Waals surface area contributed by atoms with Gasteiger partial charge in [0.15, 0.2) is 9.84 Å². The summed E-state index contributed by atoms with van der Waals surface area (Å²) in [7, 11) is -1.98.